The van der Waals surface area contributed by atoms with E-state index < -0.39 is 31.9 Å². The molecule has 73 heavy (non-hydrogen) atoms. The predicted octanol–water partition coefficient (Wildman–Crippen LogP) is 8.60. The number of aromatic nitrogens is 8. The van der Waals surface area contributed by atoms with Gasteiger partial charge in [-0.3, -0.25) is 4.79 Å². The highest BCUT2D eigenvalue weighted by Gasteiger charge is 2.25. The first-order chi connectivity index (χ1) is 34.3. The molecule has 4 N–H and O–H groups in total. The highest BCUT2D eigenvalue weighted by molar-refractivity contribution is 7.90. The standard InChI is InChI=1S/C24H29ClN6O4S.C14H16ClN3O3.C10H15N3O2S.4H2/c1-24(2,3)16-35-20-12-15-31(28-20)19-11-10-17(22(25)27-19)23(32)29-36(33,34)21-9-7-8-18(26-21)30-13-5-4-6-14-30;1-14(2,3)8-21-11-6-7-18(17-11)10-5-4-9(13(19)20)12(15)16-10;11-16(14,15)10-6-4-5-9(12-10)13-7-2-1-3-8-13;;;;/h7-12,15H,4-6,13-14,16H2,1-3H3,(H,29,32);4-7H,8H2,1-3H3,(H,19,20);4-6H,1-3,7-8H2,(H2,11,14,15);4*1H. The molecule has 2 saturated heterocycles. The van der Waals surface area contributed by atoms with Gasteiger partial charge in [0.1, 0.15) is 21.9 Å². The summed E-state index contributed by atoms with van der Waals surface area (Å²) in [7, 11) is -7.92. The van der Waals surface area contributed by atoms with Gasteiger partial charge in [-0.2, -0.15) is 8.42 Å². The van der Waals surface area contributed by atoms with E-state index in [4.69, 9.17) is 42.9 Å². The number of amides is 1. The minimum Gasteiger partial charge on any atom is -0.478 e. The zero-order chi connectivity index (χ0) is 53.1. The third-order valence-electron chi connectivity index (χ3n) is 10.6. The number of hydrogen-bond donors (Lipinski definition) is 3. The molecule has 6 aromatic rings. The summed E-state index contributed by atoms with van der Waals surface area (Å²) in [6.07, 6.45) is 10.0. The number of carbonyl (C=O) groups is 2. The molecule has 400 valence electrons. The van der Waals surface area contributed by atoms with Gasteiger partial charge in [-0.05, 0) is 97.9 Å². The Bertz CT molecular complexity index is 3120. The second-order valence-corrected chi connectivity index (χ2v) is 23.3. The molecule has 0 saturated carbocycles. The lowest BCUT2D eigenvalue weighted by Crippen LogP contribution is -2.33. The van der Waals surface area contributed by atoms with Crippen molar-refractivity contribution in [1.82, 2.24) is 44.2 Å². The number of primary sulfonamides is 1. The van der Waals surface area contributed by atoms with E-state index in [1.54, 1.807) is 42.7 Å². The summed E-state index contributed by atoms with van der Waals surface area (Å²) < 4.78 is 64.3. The molecule has 0 spiro atoms. The van der Waals surface area contributed by atoms with Gasteiger partial charge in [0, 0.05) is 56.4 Å². The van der Waals surface area contributed by atoms with E-state index in [2.05, 4.69) is 76.6 Å². The lowest BCUT2D eigenvalue weighted by Gasteiger charge is -2.27. The summed E-state index contributed by atoms with van der Waals surface area (Å²) in [5, 5.41) is 22.0. The second kappa shape index (κ2) is 24.1. The maximum absolute atomic E-state index is 12.9. The molecule has 1 amide bonds. The SMILES string of the molecule is CC(C)(C)COc1ccn(-c2ccc(C(=O)NS(=O)(=O)c3cccc(N4CCCCC4)n3)c(Cl)n2)n1.CC(C)(C)COc1ccn(-c2ccc(C(=O)O)c(Cl)n2)n1.NS(=O)(=O)c1cccc(N2CCCCC2)n1.[HH].[HH].[HH].[HH]. The van der Waals surface area contributed by atoms with E-state index in [1.165, 1.54) is 52.2 Å². The topological polar surface area (TPSA) is 273 Å². The number of anilines is 2. The lowest BCUT2D eigenvalue weighted by molar-refractivity contribution is 0.0696. The van der Waals surface area contributed by atoms with E-state index in [-0.39, 0.29) is 48.0 Å². The fraction of sp³-hybridized carbons (Fsp3) is 0.417. The number of sulfonamides is 2. The van der Waals surface area contributed by atoms with Crippen LogP contribution in [0.4, 0.5) is 11.6 Å². The van der Waals surface area contributed by atoms with Crippen molar-refractivity contribution in [2.45, 2.75) is 90.1 Å². The van der Waals surface area contributed by atoms with Gasteiger partial charge >= 0.3 is 5.97 Å². The number of nitrogens with two attached hydrogens (primary N) is 1. The van der Waals surface area contributed by atoms with Crippen LogP contribution in [-0.4, -0.2) is 113 Å². The van der Waals surface area contributed by atoms with E-state index in [0.717, 1.165) is 58.3 Å². The van der Waals surface area contributed by atoms with Gasteiger partial charge < -0.3 is 24.4 Å². The predicted molar refractivity (Wildman–Crippen MR) is 285 cm³/mol. The first-order valence-electron chi connectivity index (χ1n) is 23.3. The van der Waals surface area contributed by atoms with E-state index in [9.17, 15) is 26.4 Å². The molecular weight excluding hydrogens is 1020 g/mol. The average molecular weight is 1090 g/mol. The van der Waals surface area contributed by atoms with Gasteiger partial charge in [0.05, 0.1) is 24.3 Å². The quantitative estimate of drug-likeness (QED) is 0.0913. The summed E-state index contributed by atoms with van der Waals surface area (Å²) in [6.45, 7) is 16.9. The molecule has 2 aliphatic rings. The van der Waals surface area contributed by atoms with Crippen LogP contribution in [0.1, 0.15) is 106 Å². The van der Waals surface area contributed by atoms with Crippen molar-refractivity contribution in [3.63, 3.8) is 0 Å². The Kier molecular flexibility index (Phi) is 18.4. The van der Waals surface area contributed by atoms with Crippen molar-refractivity contribution >= 4 is 66.8 Å². The van der Waals surface area contributed by atoms with Gasteiger partial charge in [0.2, 0.25) is 11.8 Å². The Morgan fingerprint density at radius 1 is 0.616 bits per heavy atom. The van der Waals surface area contributed by atoms with Crippen molar-refractivity contribution in [2.75, 3.05) is 49.2 Å². The Balaban J connectivity index is 0.000000422. The lowest BCUT2D eigenvalue weighted by atomic mass is 9.99. The largest absolute Gasteiger partial charge is 0.478 e. The molecule has 0 unspecified atom stereocenters. The number of halogens is 2. The molecule has 0 radical (unpaired) electrons. The maximum Gasteiger partial charge on any atom is 0.338 e. The highest BCUT2D eigenvalue weighted by Crippen LogP contribution is 2.24. The number of nitrogens with one attached hydrogen (secondary N) is 1. The van der Waals surface area contributed by atoms with Gasteiger partial charge in [0.15, 0.2) is 21.7 Å². The Morgan fingerprint density at radius 3 is 1.45 bits per heavy atom. The minimum atomic E-state index is -4.22. The van der Waals surface area contributed by atoms with Crippen LogP contribution < -0.4 is 29.1 Å². The summed E-state index contributed by atoms with van der Waals surface area (Å²) in [4.78, 5) is 44.4. The summed E-state index contributed by atoms with van der Waals surface area (Å²) in [6, 6.07) is 18.9. The molecule has 8 heterocycles. The minimum absolute atomic E-state index is 0. The number of hydrogen-bond acceptors (Lipinski definition) is 16. The molecule has 6 aromatic heterocycles. The number of piperidine rings is 2. The van der Waals surface area contributed by atoms with Crippen LogP contribution in [0.5, 0.6) is 11.8 Å². The van der Waals surface area contributed by atoms with Gasteiger partial charge in [0.25, 0.3) is 26.0 Å². The Hall–Kier alpha value is -6.40. The fourth-order valence-electron chi connectivity index (χ4n) is 6.98. The molecule has 25 heteroatoms. The van der Waals surface area contributed by atoms with E-state index in [0.29, 0.717) is 48.2 Å². The van der Waals surface area contributed by atoms with Gasteiger partial charge in [-0.1, -0.05) is 76.9 Å². The molecular formula is C48H68Cl2N12O9S2. The van der Waals surface area contributed by atoms with Crippen LogP contribution in [0.15, 0.2) is 95.2 Å². The molecule has 0 atom stereocenters. The Morgan fingerprint density at radius 2 is 1.04 bits per heavy atom. The zero-order valence-electron chi connectivity index (χ0n) is 41.4. The fourth-order valence-corrected chi connectivity index (χ4v) is 8.87. The first-order valence-corrected chi connectivity index (χ1v) is 27.1. The summed E-state index contributed by atoms with van der Waals surface area (Å²) >= 11 is 12.1. The van der Waals surface area contributed by atoms with E-state index >= 15 is 0 Å². The summed E-state index contributed by atoms with van der Waals surface area (Å²) in [5.74, 6) is 0.926. The number of pyridine rings is 4. The third kappa shape index (κ3) is 16.6. The average Bonchev–Trinajstić information content (AvgIpc) is 4.04. The molecule has 8 rings (SSSR count). The van der Waals surface area contributed by atoms with Crippen LogP contribution in [0.3, 0.4) is 0 Å². The van der Waals surface area contributed by atoms with Gasteiger partial charge in [-0.15, -0.1) is 10.2 Å². The number of carboxylic acids is 1. The van der Waals surface area contributed by atoms with Gasteiger partial charge in [-0.25, -0.2) is 52.4 Å². The number of ether oxygens (including phenoxy) is 2. The van der Waals surface area contributed by atoms with Crippen LogP contribution in [0.25, 0.3) is 11.6 Å². The number of carbonyl (C=O) groups excluding carboxylic acids is 1. The Labute approximate surface area is 441 Å². The number of carboxylic acid groups (broad SMARTS) is 1. The van der Waals surface area contributed by atoms with Crippen LogP contribution in [-0.2, 0) is 20.0 Å². The number of aromatic carboxylic acids is 1. The molecule has 0 bridgehead atoms. The normalized spacial score (nSPS) is 14.3. The third-order valence-corrected chi connectivity index (χ3v) is 13.2. The summed E-state index contributed by atoms with van der Waals surface area (Å²) in [5.41, 5.74) is -0.121. The van der Waals surface area contributed by atoms with Crippen LogP contribution >= 0.6 is 23.2 Å². The highest BCUT2D eigenvalue weighted by atomic mass is 35.5. The number of nitrogens with zero attached hydrogens (tertiary/aromatic N) is 10. The second-order valence-electron chi connectivity index (χ2n) is 19.5. The van der Waals surface area contributed by atoms with Crippen molar-refractivity contribution in [3.05, 3.63) is 107 Å². The van der Waals surface area contributed by atoms with E-state index in [1.807, 2.05) is 15.7 Å². The molecule has 2 aliphatic heterocycles. The maximum atomic E-state index is 12.9. The van der Waals surface area contributed by atoms with Crippen molar-refractivity contribution < 1.29 is 46.7 Å². The molecule has 0 aliphatic carbocycles. The van der Waals surface area contributed by atoms with Crippen molar-refractivity contribution in [1.29, 1.82) is 0 Å². The van der Waals surface area contributed by atoms with Crippen LogP contribution in [0.2, 0.25) is 10.3 Å². The van der Waals surface area contributed by atoms with Crippen molar-refractivity contribution in [2.24, 2.45) is 16.0 Å². The zero-order valence-corrected chi connectivity index (χ0v) is 44.5. The number of rotatable bonds is 13. The van der Waals surface area contributed by atoms with Crippen LogP contribution in [0, 0.1) is 10.8 Å². The smallest absolute Gasteiger partial charge is 0.338 e. The molecule has 0 aromatic carbocycles. The van der Waals surface area contributed by atoms with Crippen molar-refractivity contribution in [3.8, 4) is 23.4 Å². The first kappa shape index (κ1) is 55.9. The monoisotopic (exact) mass is 1090 g/mol. The molecule has 2 fully saturated rings. The molecule has 21 nitrogen and oxygen atoms in total.